The number of hydrogen-bond donors (Lipinski definition) is 0. The van der Waals surface area contributed by atoms with Gasteiger partial charge in [-0.2, -0.15) is 0 Å². The Balaban J connectivity index is 1.33. The SMILES string of the molecule is C=C(C1CCCN(C2=NC(c3ccncn3)=CC(=C)N2C)C1)N1CCc2ccccc2C1. The third-order valence-electron chi connectivity index (χ3n) is 6.81. The van der Waals surface area contributed by atoms with Crippen LogP contribution in [0.2, 0.25) is 0 Å². The topological polar surface area (TPSA) is 47.9 Å². The number of aliphatic imine (C=N–C) groups is 1. The van der Waals surface area contributed by atoms with E-state index in [1.165, 1.54) is 23.2 Å². The Kier molecular flexibility index (Phi) is 5.52. The molecule has 1 aromatic heterocycles. The zero-order valence-electron chi connectivity index (χ0n) is 18.7. The number of nitrogens with zero attached hydrogens (tertiary/aromatic N) is 6. The first-order chi connectivity index (χ1) is 15.6. The number of fused-ring (bicyclic) bond motifs is 1. The summed E-state index contributed by atoms with van der Waals surface area (Å²) in [6.07, 6.45) is 8.67. The number of likely N-dealkylation sites (N-methyl/N-ethyl adjacent to an activating group) is 1. The van der Waals surface area contributed by atoms with Crippen LogP contribution in [0.25, 0.3) is 5.70 Å². The minimum atomic E-state index is 0.423. The third kappa shape index (κ3) is 3.93. The van der Waals surface area contributed by atoms with E-state index >= 15 is 0 Å². The molecule has 6 heteroatoms. The first-order valence-electron chi connectivity index (χ1n) is 11.3. The Morgan fingerprint density at radius 1 is 1.12 bits per heavy atom. The molecule has 1 aromatic carbocycles. The summed E-state index contributed by atoms with van der Waals surface area (Å²) in [7, 11) is 2.04. The normalized spacial score (nSPS) is 21.1. The average molecular weight is 427 g/mol. The third-order valence-corrected chi connectivity index (χ3v) is 6.81. The van der Waals surface area contributed by atoms with Crippen LogP contribution in [0.15, 0.2) is 78.5 Å². The molecule has 4 heterocycles. The van der Waals surface area contributed by atoms with Crippen LogP contribution in [0.1, 0.15) is 29.7 Å². The Bertz CT molecular complexity index is 1090. The van der Waals surface area contributed by atoms with Gasteiger partial charge in [-0.25, -0.2) is 15.0 Å². The second-order valence-electron chi connectivity index (χ2n) is 8.80. The van der Waals surface area contributed by atoms with Gasteiger partial charge in [0.25, 0.3) is 0 Å². The van der Waals surface area contributed by atoms with Crippen LogP contribution in [0.3, 0.4) is 0 Å². The standard InChI is InChI=1S/C26H30N6/c1-19-15-25(24-10-12-27-18-28-24)29-26(30(19)3)32-13-6-9-22(16-32)20(2)31-14-11-21-7-4-5-8-23(21)17-31/h4-5,7-8,10,12,15,18,22H,1-2,6,9,11,13-14,16-17H2,3H3. The molecule has 32 heavy (non-hydrogen) atoms. The van der Waals surface area contributed by atoms with Crippen molar-refractivity contribution in [1.29, 1.82) is 0 Å². The van der Waals surface area contributed by atoms with Crippen molar-refractivity contribution in [3.05, 3.63) is 90.3 Å². The number of hydrogen-bond acceptors (Lipinski definition) is 6. The molecule has 3 aliphatic rings. The lowest BCUT2D eigenvalue weighted by Crippen LogP contribution is -2.49. The van der Waals surface area contributed by atoms with Gasteiger partial charge < -0.3 is 14.7 Å². The van der Waals surface area contributed by atoms with Crippen LogP contribution in [0.4, 0.5) is 0 Å². The number of allylic oxidation sites excluding steroid dienone is 1. The Labute approximate surface area is 190 Å². The van der Waals surface area contributed by atoms with E-state index in [0.717, 1.165) is 62.1 Å². The number of piperidine rings is 1. The number of rotatable bonds is 3. The predicted molar refractivity (Wildman–Crippen MR) is 128 cm³/mol. The van der Waals surface area contributed by atoms with Crippen molar-refractivity contribution >= 4 is 11.7 Å². The van der Waals surface area contributed by atoms with Crippen LogP contribution < -0.4 is 0 Å². The fourth-order valence-corrected chi connectivity index (χ4v) is 4.88. The van der Waals surface area contributed by atoms with E-state index in [2.05, 4.69) is 62.1 Å². The smallest absolute Gasteiger partial charge is 0.206 e. The highest BCUT2D eigenvalue weighted by molar-refractivity contribution is 5.90. The molecular weight excluding hydrogens is 396 g/mol. The van der Waals surface area contributed by atoms with E-state index < -0.39 is 0 Å². The molecule has 0 amide bonds. The predicted octanol–water partition coefficient (Wildman–Crippen LogP) is 3.92. The van der Waals surface area contributed by atoms with Crippen molar-refractivity contribution in [3.8, 4) is 0 Å². The van der Waals surface area contributed by atoms with Crippen molar-refractivity contribution in [1.82, 2.24) is 24.7 Å². The van der Waals surface area contributed by atoms with E-state index in [1.54, 1.807) is 12.5 Å². The fourth-order valence-electron chi connectivity index (χ4n) is 4.88. The molecule has 1 saturated heterocycles. The average Bonchev–Trinajstić information content (AvgIpc) is 2.85. The van der Waals surface area contributed by atoms with E-state index in [0.29, 0.717) is 5.92 Å². The maximum atomic E-state index is 4.98. The highest BCUT2D eigenvalue weighted by Crippen LogP contribution is 2.31. The maximum absolute atomic E-state index is 4.98. The summed E-state index contributed by atoms with van der Waals surface area (Å²) in [5.74, 6) is 1.36. The summed E-state index contributed by atoms with van der Waals surface area (Å²) in [5, 5.41) is 0. The summed E-state index contributed by atoms with van der Waals surface area (Å²) in [4.78, 5) is 20.3. The highest BCUT2D eigenvalue weighted by atomic mass is 15.4. The molecule has 0 aliphatic carbocycles. The van der Waals surface area contributed by atoms with E-state index in [1.807, 2.05) is 19.2 Å². The Morgan fingerprint density at radius 2 is 1.97 bits per heavy atom. The molecule has 0 radical (unpaired) electrons. The summed E-state index contributed by atoms with van der Waals surface area (Å²) >= 11 is 0. The van der Waals surface area contributed by atoms with E-state index in [4.69, 9.17) is 4.99 Å². The largest absolute Gasteiger partial charge is 0.370 e. The van der Waals surface area contributed by atoms with Crippen LogP contribution in [0.5, 0.6) is 0 Å². The van der Waals surface area contributed by atoms with Gasteiger partial charge in [0.05, 0.1) is 11.4 Å². The molecule has 1 fully saturated rings. The van der Waals surface area contributed by atoms with Gasteiger partial charge in [0.15, 0.2) is 0 Å². The summed E-state index contributed by atoms with van der Waals surface area (Å²) < 4.78 is 0. The molecule has 5 rings (SSSR count). The van der Waals surface area contributed by atoms with Crippen LogP contribution in [0, 0.1) is 5.92 Å². The van der Waals surface area contributed by atoms with Gasteiger partial charge in [0.1, 0.15) is 6.33 Å². The summed E-state index contributed by atoms with van der Waals surface area (Å²) in [6.45, 7) is 12.7. The quantitative estimate of drug-likeness (QED) is 0.745. The number of guanidine groups is 1. The second kappa shape index (κ2) is 8.61. The molecule has 3 aliphatic heterocycles. The number of aromatic nitrogens is 2. The number of benzene rings is 1. The van der Waals surface area contributed by atoms with Crippen LogP contribution >= 0.6 is 0 Å². The van der Waals surface area contributed by atoms with Crippen molar-refractivity contribution in [2.45, 2.75) is 25.8 Å². The molecular formula is C26H30N6. The lowest BCUT2D eigenvalue weighted by atomic mass is 9.92. The van der Waals surface area contributed by atoms with Crippen molar-refractivity contribution in [2.75, 3.05) is 26.7 Å². The number of likely N-dealkylation sites (tertiary alicyclic amines) is 1. The van der Waals surface area contributed by atoms with Crippen LogP contribution in [-0.4, -0.2) is 57.3 Å². The molecule has 0 bridgehead atoms. The highest BCUT2D eigenvalue weighted by Gasteiger charge is 2.31. The lowest BCUT2D eigenvalue weighted by molar-refractivity contribution is 0.209. The van der Waals surface area contributed by atoms with E-state index in [9.17, 15) is 0 Å². The molecule has 164 valence electrons. The first-order valence-corrected chi connectivity index (χ1v) is 11.3. The van der Waals surface area contributed by atoms with Gasteiger partial charge in [0, 0.05) is 56.7 Å². The van der Waals surface area contributed by atoms with Crippen molar-refractivity contribution in [2.24, 2.45) is 10.9 Å². The van der Waals surface area contributed by atoms with Gasteiger partial charge in [-0.3, -0.25) is 0 Å². The zero-order valence-corrected chi connectivity index (χ0v) is 18.7. The lowest BCUT2D eigenvalue weighted by Gasteiger charge is -2.42. The van der Waals surface area contributed by atoms with Gasteiger partial charge in [-0.1, -0.05) is 37.4 Å². The molecule has 6 nitrogen and oxygen atoms in total. The van der Waals surface area contributed by atoms with Crippen molar-refractivity contribution < 1.29 is 0 Å². The molecule has 0 saturated carbocycles. The molecule has 0 N–H and O–H groups in total. The van der Waals surface area contributed by atoms with Gasteiger partial charge in [-0.05, 0) is 42.5 Å². The summed E-state index contributed by atoms with van der Waals surface area (Å²) in [5.41, 5.74) is 6.73. The Morgan fingerprint density at radius 3 is 2.78 bits per heavy atom. The minimum absolute atomic E-state index is 0.423. The van der Waals surface area contributed by atoms with E-state index in [-0.39, 0.29) is 0 Å². The molecule has 1 atom stereocenters. The Hall–Kier alpha value is -3.41. The summed E-state index contributed by atoms with van der Waals surface area (Å²) in [6, 6.07) is 10.7. The minimum Gasteiger partial charge on any atom is -0.370 e. The monoisotopic (exact) mass is 426 g/mol. The maximum Gasteiger partial charge on any atom is 0.206 e. The molecule has 2 aromatic rings. The second-order valence-corrected chi connectivity index (χ2v) is 8.80. The molecule has 0 spiro atoms. The van der Waals surface area contributed by atoms with Crippen LogP contribution in [-0.2, 0) is 13.0 Å². The van der Waals surface area contributed by atoms with Gasteiger partial charge >= 0.3 is 0 Å². The van der Waals surface area contributed by atoms with Gasteiger partial charge in [0.2, 0.25) is 5.96 Å². The van der Waals surface area contributed by atoms with Crippen molar-refractivity contribution in [3.63, 3.8) is 0 Å². The fraction of sp³-hybridized carbons (Fsp3) is 0.346. The zero-order chi connectivity index (χ0) is 22.1. The first kappa shape index (κ1) is 20.5. The van der Waals surface area contributed by atoms with Gasteiger partial charge in [-0.15, -0.1) is 0 Å². The molecule has 1 unspecified atom stereocenters.